The summed E-state index contributed by atoms with van der Waals surface area (Å²) in [6, 6.07) is 24.8. The highest BCUT2D eigenvalue weighted by Crippen LogP contribution is 2.42. The molecular formula is C28H27ClN4S. The number of aromatic nitrogens is 2. The third-order valence-electron chi connectivity index (χ3n) is 6.66. The van der Waals surface area contributed by atoms with E-state index in [-0.39, 0.29) is 12.1 Å². The van der Waals surface area contributed by atoms with Crippen molar-refractivity contribution < 1.29 is 0 Å². The van der Waals surface area contributed by atoms with Gasteiger partial charge in [0.05, 0.1) is 17.8 Å². The van der Waals surface area contributed by atoms with E-state index in [9.17, 15) is 0 Å². The molecule has 1 fully saturated rings. The van der Waals surface area contributed by atoms with E-state index >= 15 is 0 Å². The quantitative estimate of drug-likeness (QED) is 0.321. The zero-order valence-electron chi connectivity index (χ0n) is 19.5. The predicted molar refractivity (Wildman–Crippen MR) is 142 cm³/mol. The van der Waals surface area contributed by atoms with Crippen LogP contribution in [0.3, 0.4) is 0 Å². The molecule has 172 valence electrons. The molecule has 1 aliphatic heterocycles. The summed E-state index contributed by atoms with van der Waals surface area (Å²) in [7, 11) is 0. The van der Waals surface area contributed by atoms with Gasteiger partial charge in [0.15, 0.2) is 5.11 Å². The Kier molecular flexibility index (Phi) is 6.15. The minimum Gasteiger partial charge on any atom is -0.352 e. The van der Waals surface area contributed by atoms with E-state index in [0.29, 0.717) is 0 Å². The maximum Gasteiger partial charge on any atom is 0.170 e. The number of hydrogen-bond donors (Lipinski definition) is 1. The van der Waals surface area contributed by atoms with Crippen LogP contribution >= 0.6 is 23.8 Å². The van der Waals surface area contributed by atoms with Crippen LogP contribution in [0.4, 0.5) is 0 Å². The van der Waals surface area contributed by atoms with Crippen molar-refractivity contribution in [1.29, 1.82) is 0 Å². The van der Waals surface area contributed by atoms with Crippen LogP contribution in [-0.2, 0) is 6.54 Å². The Hall–Kier alpha value is -3.15. The van der Waals surface area contributed by atoms with Crippen LogP contribution in [0.15, 0.2) is 79.0 Å². The van der Waals surface area contributed by atoms with Gasteiger partial charge in [-0.15, -0.1) is 0 Å². The van der Waals surface area contributed by atoms with E-state index in [1.165, 1.54) is 16.8 Å². The fraction of sp³-hybridized carbons (Fsp3) is 0.214. The smallest absolute Gasteiger partial charge is 0.170 e. The molecule has 0 aliphatic carbocycles. The van der Waals surface area contributed by atoms with Gasteiger partial charge < -0.3 is 14.8 Å². The van der Waals surface area contributed by atoms with Crippen LogP contribution in [0.1, 0.15) is 45.9 Å². The van der Waals surface area contributed by atoms with Crippen molar-refractivity contribution in [3.8, 4) is 5.69 Å². The Labute approximate surface area is 211 Å². The van der Waals surface area contributed by atoms with E-state index in [1.54, 1.807) is 0 Å². The highest BCUT2D eigenvalue weighted by atomic mass is 35.5. The normalized spacial score (nSPS) is 17.8. The van der Waals surface area contributed by atoms with Gasteiger partial charge in [-0.05, 0) is 80.0 Å². The maximum absolute atomic E-state index is 6.48. The van der Waals surface area contributed by atoms with Crippen molar-refractivity contribution in [2.24, 2.45) is 0 Å². The van der Waals surface area contributed by atoms with Crippen molar-refractivity contribution in [3.05, 3.63) is 118 Å². The molecule has 2 aromatic heterocycles. The largest absolute Gasteiger partial charge is 0.352 e. The molecule has 1 saturated heterocycles. The SMILES string of the molecule is Cc1c(Cl)cccc1-n1c(C)cc([C@@H]2[C@@H](c3ccccn3)NC(=S)N2Cc2ccccc2)c1C. The second-order valence-corrected chi connectivity index (χ2v) is 9.58. The van der Waals surface area contributed by atoms with Gasteiger partial charge in [0, 0.05) is 34.8 Å². The van der Waals surface area contributed by atoms with Gasteiger partial charge in [0.1, 0.15) is 0 Å². The molecule has 0 unspecified atom stereocenters. The number of pyridine rings is 1. The molecule has 1 aliphatic rings. The van der Waals surface area contributed by atoms with E-state index in [1.807, 2.05) is 36.5 Å². The fourth-order valence-corrected chi connectivity index (χ4v) is 5.47. The number of rotatable bonds is 5. The van der Waals surface area contributed by atoms with Crippen LogP contribution in [0, 0.1) is 20.8 Å². The second kappa shape index (κ2) is 9.24. The van der Waals surface area contributed by atoms with Gasteiger partial charge in [-0.1, -0.05) is 54.1 Å². The van der Waals surface area contributed by atoms with Crippen molar-refractivity contribution in [2.75, 3.05) is 0 Å². The molecule has 0 saturated carbocycles. The first-order chi connectivity index (χ1) is 16.5. The number of thiocarbonyl (C=S) groups is 1. The summed E-state index contributed by atoms with van der Waals surface area (Å²) in [5.41, 5.74) is 7.95. The van der Waals surface area contributed by atoms with Crippen LogP contribution in [-0.4, -0.2) is 19.6 Å². The predicted octanol–water partition coefficient (Wildman–Crippen LogP) is 6.62. The lowest BCUT2D eigenvalue weighted by Crippen LogP contribution is -2.29. The molecule has 2 aromatic carbocycles. The Morgan fingerprint density at radius 3 is 2.47 bits per heavy atom. The first-order valence-electron chi connectivity index (χ1n) is 11.4. The topological polar surface area (TPSA) is 33.1 Å². The summed E-state index contributed by atoms with van der Waals surface area (Å²) in [5, 5.41) is 5.08. The Morgan fingerprint density at radius 2 is 1.74 bits per heavy atom. The lowest BCUT2D eigenvalue weighted by molar-refractivity contribution is 0.310. The molecule has 6 heteroatoms. The number of nitrogens with one attached hydrogen (secondary N) is 1. The standard InChI is InChI=1S/C28H27ClN4S/c1-18-16-22(20(3)33(18)25-14-9-12-23(29)19(25)2)27-26(24-13-7-8-15-30-24)31-28(34)32(27)17-21-10-5-4-6-11-21/h4-16,26-27H,17H2,1-3H3,(H,31,34)/t26-,27-/m1/s1. The van der Waals surface area contributed by atoms with Gasteiger partial charge >= 0.3 is 0 Å². The summed E-state index contributed by atoms with van der Waals surface area (Å²) < 4.78 is 2.30. The van der Waals surface area contributed by atoms with Crippen LogP contribution in [0.25, 0.3) is 5.69 Å². The van der Waals surface area contributed by atoms with Crippen LogP contribution in [0.5, 0.6) is 0 Å². The number of hydrogen-bond acceptors (Lipinski definition) is 2. The average molecular weight is 487 g/mol. The zero-order valence-corrected chi connectivity index (χ0v) is 21.1. The molecule has 0 radical (unpaired) electrons. The summed E-state index contributed by atoms with van der Waals surface area (Å²) in [4.78, 5) is 6.97. The molecular weight excluding hydrogens is 460 g/mol. The minimum atomic E-state index is -0.0492. The van der Waals surface area contributed by atoms with E-state index in [2.05, 4.69) is 83.0 Å². The number of aryl methyl sites for hydroxylation is 1. The van der Waals surface area contributed by atoms with E-state index in [4.69, 9.17) is 23.8 Å². The average Bonchev–Trinajstić information content (AvgIpc) is 3.32. The third kappa shape index (κ3) is 3.99. The van der Waals surface area contributed by atoms with E-state index in [0.717, 1.165) is 39.3 Å². The van der Waals surface area contributed by atoms with Crippen molar-refractivity contribution >= 4 is 28.9 Å². The lowest BCUT2D eigenvalue weighted by atomic mass is 9.96. The molecule has 0 bridgehead atoms. The molecule has 0 amide bonds. The highest BCUT2D eigenvalue weighted by molar-refractivity contribution is 7.80. The van der Waals surface area contributed by atoms with Gasteiger partial charge in [-0.25, -0.2) is 0 Å². The van der Waals surface area contributed by atoms with Crippen molar-refractivity contribution in [1.82, 2.24) is 19.8 Å². The molecule has 3 heterocycles. The molecule has 1 N–H and O–H groups in total. The number of halogens is 1. The minimum absolute atomic E-state index is 0.00189. The van der Waals surface area contributed by atoms with Crippen molar-refractivity contribution in [3.63, 3.8) is 0 Å². The number of nitrogens with zero attached hydrogens (tertiary/aromatic N) is 3. The molecule has 0 spiro atoms. The summed E-state index contributed by atoms with van der Waals surface area (Å²) in [6.45, 7) is 7.12. The first kappa shape index (κ1) is 22.6. The summed E-state index contributed by atoms with van der Waals surface area (Å²) >= 11 is 12.4. The maximum atomic E-state index is 6.48. The lowest BCUT2D eigenvalue weighted by Gasteiger charge is -2.28. The van der Waals surface area contributed by atoms with Gasteiger partial charge in [-0.3, -0.25) is 4.98 Å². The fourth-order valence-electron chi connectivity index (χ4n) is 4.99. The summed E-state index contributed by atoms with van der Waals surface area (Å²) in [5.74, 6) is 0. The van der Waals surface area contributed by atoms with E-state index < -0.39 is 0 Å². The van der Waals surface area contributed by atoms with Crippen LogP contribution in [0.2, 0.25) is 5.02 Å². The van der Waals surface area contributed by atoms with Gasteiger partial charge in [0.2, 0.25) is 0 Å². The zero-order chi connectivity index (χ0) is 23.8. The van der Waals surface area contributed by atoms with Crippen molar-refractivity contribution in [2.45, 2.75) is 39.4 Å². The number of benzene rings is 2. The van der Waals surface area contributed by atoms with Crippen LogP contribution < -0.4 is 5.32 Å². The molecule has 4 nitrogen and oxygen atoms in total. The molecule has 4 aromatic rings. The molecule has 34 heavy (non-hydrogen) atoms. The highest BCUT2D eigenvalue weighted by Gasteiger charge is 2.41. The monoisotopic (exact) mass is 486 g/mol. The Morgan fingerprint density at radius 1 is 0.971 bits per heavy atom. The molecule has 2 atom stereocenters. The summed E-state index contributed by atoms with van der Waals surface area (Å²) in [6.07, 6.45) is 1.84. The Balaban J connectivity index is 1.64. The molecule has 5 rings (SSSR count). The first-order valence-corrected chi connectivity index (χ1v) is 12.2. The van der Waals surface area contributed by atoms with Gasteiger partial charge in [-0.2, -0.15) is 0 Å². The Bertz CT molecular complexity index is 1330. The second-order valence-electron chi connectivity index (χ2n) is 8.79. The third-order valence-corrected chi connectivity index (χ3v) is 7.42. The van der Waals surface area contributed by atoms with Gasteiger partial charge in [0.25, 0.3) is 0 Å².